The molecule has 3 nitrogen and oxygen atoms in total. The lowest BCUT2D eigenvalue weighted by atomic mass is 10.1. The third-order valence-corrected chi connectivity index (χ3v) is 2.99. The van der Waals surface area contributed by atoms with Crippen LogP contribution in [-0.2, 0) is 6.61 Å². The molecule has 2 rings (SSSR count). The van der Waals surface area contributed by atoms with E-state index in [1.165, 1.54) is 6.08 Å². The number of aliphatic hydroxyl groups excluding tert-OH is 1. The molecule has 0 aliphatic heterocycles. The van der Waals surface area contributed by atoms with E-state index in [4.69, 9.17) is 9.47 Å². The molecule has 1 atom stereocenters. The van der Waals surface area contributed by atoms with Crippen LogP contribution in [0, 0.1) is 0 Å². The van der Waals surface area contributed by atoms with E-state index in [1.807, 2.05) is 42.5 Å². The van der Waals surface area contributed by atoms with Crippen molar-refractivity contribution in [3.8, 4) is 11.5 Å². The second kappa shape index (κ2) is 6.78. The Kier molecular flexibility index (Phi) is 4.80. The number of aliphatic hydroxyl groups is 1. The summed E-state index contributed by atoms with van der Waals surface area (Å²) >= 11 is 0. The molecule has 0 fully saturated rings. The molecule has 3 heteroatoms. The number of hydrogen-bond acceptors (Lipinski definition) is 3. The van der Waals surface area contributed by atoms with Crippen molar-refractivity contribution in [1.82, 2.24) is 0 Å². The van der Waals surface area contributed by atoms with Crippen LogP contribution in [-0.4, -0.2) is 12.2 Å². The minimum Gasteiger partial charge on any atom is -0.492 e. The lowest BCUT2D eigenvalue weighted by Gasteiger charge is -2.16. The fourth-order valence-corrected chi connectivity index (χ4v) is 1.96. The first-order chi connectivity index (χ1) is 9.76. The van der Waals surface area contributed by atoms with Crippen molar-refractivity contribution in [1.29, 1.82) is 0 Å². The number of hydrogen-bond donors (Lipinski definition) is 1. The number of benzene rings is 2. The van der Waals surface area contributed by atoms with Crippen LogP contribution < -0.4 is 9.47 Å². The van der Waals surface area contributed by atoms with Crippen molar-refractivity contribution in [2.45, 2.75) is 12.7 Å². The number of rotatable bonds is 6. The van der Waals surface area contributed by atoms with Crippen LogP contribution in [0.2, 0.25) is 0 Å². The molecule has 0 spiro atoms. The summed E-state index contributed by atoms with van der Waals surface area (Å²) in [7, 11) is 1.56. The molecular weight excluding hydrogens is 252 g/mol. The molecule has 0 aliphatic carbocycles. The Balaban J connectivity index is 2.21. The third-order valence-electron chi connectivity index (χ3n) is 2.99. The molecule has 1 N–H and O–H groups in total. The van der Waals surface area contributed by atoms with E-state index in [1.54, 1.807) is 13.2 Å². The first-order valence-electron chi connectivity index (χ1n) is 6.40. The van der Waals surface area contributed by atoms with Crippen molar-refractivity contribution in [3.05, 3.63) is 72.3 Å². The fraction of sp³-hybridized carbons (Fsp3) is 0.176. The van der Waals surface area contributed by atoms with Crippen molar-refractivity contribution in [2.75, 3.05) is 7.11 Å². The molecule has 0 saturated heterocycles. The molecule has 0 bridgehead atoms. The maximum atomic E-state index is 9.90. The number of methoxy groups -OCH3 is 1. The second-order valence-electron chi connectivity index (χ2n) is 4.33. The van der Waals surface area contributed by atoms with Crippen LogP contribution in [0.1, 0.15) is 17.2 Å². The summed E-state index contributed by atoms with van der Waals surface area (Å²) in [5.74, 6) is 1.14. The smallest absolute Gasteiger partial charge is 0.166 e. The van der Waals surface area contributed by atoms with E-state index >= 15 is 0 Å². The van der Waals surface area contributed by atoms with E-state index in [0.717, 1.165) is 5.56 Å². The number of para-hydroxylation sites is 1. The lowest BCUT2D eigenvalue weighted by Crippen LogP contribution is -2.02. The largest absolute Gasteiger partial charge is 0.492 e. The molecule has 0 heterocycles. The van der Waals surface area contributed by atoms with Gasteiger partial charge >= 0.3 is 0 Å². The van der Waals surface area contributed by atoms with Crippen LogP contribution in [0.4, 0.5) is 0 Å². The highest BCUT2D eigenvalue weighted by molar-refractivity contribution is 5.48. The monoisotopic (exact) mass is 270 g/mol. The molecule has 2 aromatic carbocycles. The van der Waals surface area contributed by atoms with Gasteiger partial charge in [-0.2, -0.15) is 0 Å². The summed E-state index contributed by atoms with van der Waals surface area (Å²) in [5, 5.41) is 9.90. The second-order valence-corrected chi connectivity index (χ2v) is 4.33. The Morgan fingerprint density at radius 1 is 1.15 bits per heavy atom. The zero-order valence-corrected chi connectivity index (χ0v) is 11.5. The lowest BCUT2D eigenvalue weighted by molar-refractivity contribution is 0.219. The Morgan fingerprint density at radius 2 is 1.90 bits per heavy atom. The minimum atomic E-state index is -0.773. The van der Waals surface area contributed by atoms with E-state index in [0.29, 0.717) is 23.7 Å². The van der Waals surface area contributed by atoms with Crippen molar-refractivity contribution in [2.24, 2.45) is 0 Å². The molecule has 104 valence electrons. The molecule has 0 aromatic heterocycles. The van der Waals surface area contributed by atoms with Crippen LogP contribution in [0.3, 0.4) is 0 Å². The van der Waals surface area contributed by atoms with Gasteiger partial charge in [-0.05, 0) is 11.6 Å². The molecule has 0 saturated carbocycles. The highest BCUT2D eigenvalue weighted by Crippen LogP contribution is 2.35. The van der Waals surface area contributed by atoms with Crippen LogP contribution in [0.25, 0.3) is 0 Å². The van der Waals surface area contributed by atoms with Gasteiger partial charge in [0.15, 0.2) is 11.5 Å². The Morgan fingerprint density at radius 3 is 2.55 bits per heavy atom. The Labute approximate surface area is 119 Å². The summed E-state index contributed by atoms with van der Waals surface area (Å²) in [6.45, 7) is 4.04. The maximum Gasteiger partial charge on any atom is 0.166 e. The average molecular weight is 270 g/mol. The zero-order valence-electron chi connectivity index (χ0n) is 11.5. The first-order valence-corrected chi connectivity index (χ1v) is 6.40. The van der Waals surface area contributed by atoms with Gasteiger partial charge in [0.25, 0.3) is 0 Å². The molecular formula is C17H18O3. The standard InChI is InChI=1S/C17H18O3/c1-3-15(18)14-10-7-11-16(17(14)19-2)20-12-13-8-5-4-6-9-13/h3-11,15,18H,1,12H2,2H3. The molecule has 1 unspecified atom stereocenters. The first kappa shape index (κ1) is 14.2. The van der Waals surface area contributed by atoms with Crippen LogP contribution >= 0.6 is 0 Å². The summed E-state index contributed by atoms with van der Waals surface area (Å²) in [6, 6.07) is 15.3. The van der Waals surface area contributed by atoms with Gasteiger partial charge in [-0.1, -0.05) is 48.5 Å². The molecule has 0 radical (unpaired) electrons. The highest BCUT2D eigenvalue weighted by Gasteiger charge is 2.14. The third kappa shape index (κ3) is 3.19. The SMILES string of the molecule is C=CC(O)c1cccc(OCc2ccccc2)c1OC. The van der Waals surface area contributed by atoms with Gasteiger partial charge in [-0.15, -0.1) is 6.58 Å². The van der Waals surface area contributed by atoms with Crippen molar-refractivity contribution >= 4 is 0 Å². The summed E-state index contributed by atoms with van der Waals surface area (Å²) in [5.41, 5.74) is 1.72. The van der Waals surface area contributed by atoms with E-state index in [2.05, 4.69) is 6.58 Å². The Hall–Kier alpha value is -2.26. The van der Waals surface area contributed by atoms with Crippen molar-refractivity contribution < 1.29 is 14.6 Å². The molecule has 2 aromatic rings. The Bertz CT molecular complexity index is 564. The van der Waals surface area contributed by atoms with Gasteiger partial charge in [0.05, 0.1) is 7.11 Å². The van der Waals surface area contributed by atoms with Crippen LogP contribution in [0.5, 0.6) is 11.5 Å². The fourth-order valence-electron chi connectivity index (χ4n) is 1.96. The van der Waals surface area contributed by atoms with Crippen molar-refractivity contribution in [3.63, 3.8) is 0 Å². The zero-order chi connectivity index (χ0) is 14.4. The van der Waals surface area contributed by atoms with Gasteiger partial charge in [-0.25, -0.2) is 0 Å². The van der Waals surface area contributed by atoms with E-state index in [9.17, 15) is 5.11 Å². The predicted molar refractivity (Wildman–Crippen MR) is 78.9 cm³/mol. The summed E-state index contributed by atoms with van der Waals surface area (Å²) < 4.78 is 11.1. The maximum absolute atomic E-state index is 9.90. The van der Waals surface area contributed by atoms with Gasteiger partial charge in [0, 0.05) is 5.56 Å². The topological polar surface area (TPSA) is 38.7 Å². The van der Waals surface area contributed by atoms with E-state index in [-0.39, 0.29) is 0 Å². The summed E-state index contributed by atoms with van der Waals surface area (Å²) in [4.78, 5) is 0. The summed E-state index contributed by atoms with van der Waals surface area (Å²) in [6.07, 6.45) is 0.684. The highest BCUT2D eigenvalue weighted by atomic mass is 16.5. The van der Waals surface area contributed by atoms with Gasteiger partial charge < -0.3 is 14.6 Å². The van der Waals surface area contributed by atoms with Gasteiger partial charge in [0.1, 0.15) is 12.7 Å². The molecule has 0 amide bonds. The normalized spacial score (nSPS) is 11.7. The quantitative estimate of drug-likeness (QED) is 0.817. The van der Waals surface area contributed by atoms with Gasteiger partial charge in [0.2, 0.25) is 0 Å². The van der Waals surface area contributed by atoms with E-state index < -0.39 is 6.10 Å². The predicted octanol–water partition coefficient (Wildman–Crippen LogP) is 3.49. The van der Waals surface area contributed by atoms with Gasteiger partial charge in [-0.3, -0.25) is 0 Å². The average Bonchev–Trinajstić information content (AvgIpc) is 2.52. The number of ether oxygens (including phenoxy) is 2. The molecule has 20 heavy (non-hydrogen) atoms. The van der Waals surface area contributed by atoms with Crippen LogP contribution in [0.15, 0.2) is 61.2 Å². The minimum absolute atomic E-state index is 0.449. The molecule has 0 aliphatic rings.